The molecule has 13 heavy (non-hydrogen) atoms. The van der Waals surface area contributed by atoms with Gasteiger partial charge in [-0.3, -0.25) is 4.68 Å². The van der Waals surface area contributed by atoms with Crippen LogP contribution in [0.4, 0.5) is 0 Å². The lowest BCUT2D eigenvalue weighted by atomic mass is 9.82. The van der Waals surface area contributed by atoms with E-state index in [9.17, 15) is 0 Å². The normalized spacial score (nSPS) is 13.3. The second kappa shape index (κ2) is 3.17. The van der Waals surface area contributed by atoms with Crippen molar-refractivity contribution in [3.8, 4) is 0 Å². The van der Waals surface area contributed by atoms with Crippen LogP contribution in [-0.2, 0) is 5.54 Å². The van der Waals surface area contributed by atoms with Crippen molar-refractivity contribution >= 4 is 0 Å². The highest BCUT2D eigenvalue weighted by molar-refractivity contribution is 4.88. The number of aromatic nitrogens is 2. The SMILES string of the molecule is CC(C)(C)CC(C)(C)n1cccn1. The molecule has 74 valence electrons. The average Bonchev–Trinajstić information content (AvgIpc) is 2.29. The third-order valence-corrected chi connectivity index (χ3v) is 2.09. The molecule has 1 aromatic rings. The van der Waals surface area contributed by atoms with Crippen LogP contribution >= 0.6 is 0 Å². The molecule has 0 amide bonds. The van der Waals surface area contributed by atoms with E-state index in [1.165, 1.54) is 0 Å². The Morgan fingerprint density at radius 2 is 1.77 bits per heavy atom. The lowest BCUT2D eigenvalue weighted by Crippen LogP contribution is -2.31. The summed E-state index contributed by atoms with van der Waals surface area (Å²) in [4.78, 5) is 0. The standard InChI is InChI=1S/C11H20N2/c1-10(2,3)9-11(4,5)13-8-6-7-12-13/h6-8H,9H2,1-5H3. The molecule has 0 spiro atoms. The van der Waals surface area contributed by atoms with Crippen LogP contribution in [0.1, 0.15) is 41.0 Å². The first-order chi connectivity index (χ1) is 5.81. The minimum absolute atomic E-state index is 0.113. The predicted molar refractivity (Wildman–Crippen MR) is 55.6 cm³/mol. The Balaban J connectivity index is 2.78. The summed E-state index contributed by atoms with van der Waals surface area (Å²) < 4.78 is 2.04. The Hall–Kier alpha value is -0.790. The van der Waals surface area contributed by atoms with Crippen LogP contribution in [0.3, 0.4) is 0 Å². The van der Waals surface area contributed by atoms with Gasteiger partial charge in [-0.2, -0.15) is 5.10 Å². The Labute approximate surface area is 81.0 Å². The quantitative estimate of drug-likeness (QED) is 0.684. The summed E-state index contributed by atoms with van der Waals surface area (Å²) in [5.74, 6) is 0. The van der Waals surface area contributed by atoms with Gasteiger partial charge in [0.15, 0.2) is 0 Å². The maximum atomic E-state index is 4.29. The van der Waals surface area contributed by atoms with Gasteiger partial charge >= 0.3 is 0 Å². The molecule has 1 aromatic heterocycles. The van der Waals surface area contributed by atoms with Gasteiger partial charge in [0.1, 0.15) is 0 Å². The fraction of sp³-hybridized carbons (Fsp3) is 0.727. The molecule has 0 aromatic carbocycles. The minimum atomic E-state index is 0.113. The smallest absolute Gasteiger partial charge is 0.0576 e. The van der Waals surface area contributed by atoms with E-state index in [-0.39, 0.29) is 5.54 Å². The van der Waals surface area contributed by atoms with Crippen molar-refractivity contribution in [2.75, 3.05) is 0 Å². The molecule has 0 aliphatic carbocycles. The second-order valence-corrected chi connectivity index (χ2v) is 5.50. The zero-order chi connectivity index (χ0) is 10.1. The molecule has 0 N–H and O–H groups in total. The van der Waals surface area contributed by atoms with Gasteiger partial charge in [-0.15, -0.1) is 0 Å². The van der Waals surface area contributed by atoms with Crippen molar-refractivity contribution in [3.63, 3.8) is 0 Å². The highest BCUT2D eigenvalue weighted by atomic mass is 15.3. The maximum absolute atomic E-state index is 4.29. The van der Waals surface area contributed by atoms with Crippen molar-refractivity contribution < 1.29 is 0 Å². The van der Waals surface area contributed by atoms with E-state index in [4.69, 9.17) is 0 Å². The van der Waals surface area contributed by atoms with Gasteiger partial charge in [0.2, 0.25) is 0 Å². The van der Waals surface area contributed by atoms with Crippen LogP contribution in [0, 0.1) is 5.41 Å². The number of hydrogen-bond acceptors (Lipinski definition) is 1. The highest BCUT2D eigenvalue weighted by Crippen LogP contribution is 2.31. The molecular formula is C11H20N2. The Kier molecular flexibility index (Phi) is 2.51. The molecule has 0 aliphatic rings. The largest absolute Gasteiger partial charge is 0.267 e. The molecule has 2 nitrogen and oxygen atoms in total. The Bertz CT molecular complexity index is 252. The van der Waals surface area contributed by atoms with E-state index < -0.39 is 0 Å². The first-order valence-corrected chi connectivity index (χ1v) is 4.81. The van der Waals surface area contributed by atoms with Crippen LogP contribution in [0.15, 0.2) is 18.5 Å². The van der Waals surface area contributed by atoms with Gasteiger partial charge < -0.3 is 0 Å². The molecule has 0 unspecified atom stereocenters. The molecule has 0 bridgehead atoms. The van der Waals surface area contributed by atoms with Crippen LogP contribution in [0.25, 0.3) is 0 Å². The number of hydrogen-bond donors (Lipinski definition) is 0. The molecular weight excluding hydrogens is 160 g/mol. The summed E-state index contributed by atoms with van der Waals surface area (Å²) in [6.45, 7) is 11.2. The molecule has 2 heteroatoms. The highest BCUT2D eigenvalue weighted by Gasteiger charge is 2.27. The first-order valence-electron chi connectivity index (χ1n) is 4.81. The molecule has 1 heterocycles. The van der Waals surface area contributed by atoms with Crippen molar-refractivity contribution in [1.29, 1.82) is 0 Å². The van der Waals surface area contributed by atoms with Gasteiger partial charge in [-0.05, 0) is 31.7 Å². The average molecular weight is 180 g/mol. The third-order valence-electron chi connectivity index (χ3n) is 2.09. The molecule has 0 saturated carbocycles. The lowest BCUT2D eigenvalue weighted by Gasteiger charge is -2.32. The van der Waals surface area contributed by atoms with Crippen molar-refractivity contribution in [3.05, 3.63) is 18.5 Å². The second-order valence-electron chi connectivity index (χ2n) is 5.50. The number of nitrogens with zero attached hydrogens (tertiary/aromatic N) is 2. The fourth-order valence-corrected chi connectivity index (χ4v) is 2.01. The summed E-state index contributed by atoms with van der Waals surface area (Å²) in [6, 6.07) is 1.98. The lowest BCUT2D eigenvalue weighted by molar-refractivity contribution is 0.198. The monoisotopic (exact) mass is 180 g/mol. The van der Waals surface area contributed by atoms with Gasteiger partial charge in [0.05, 0.1) is 5.54 Å². The van der Waals surface area contributed by atoms with E-state index >= 15 is 0 Å². The Morgan fingerprint density at radius 1 is 1.15 bits per heavy atom. The molecule has 0 fully saturated rings. The third kappa shape index (κ3) is 2.87. The summed E-state index contributed by atoms with van der Waals surface area (Å²) in [5.41, 5.74) is 0.456. The molecule has 0 saturated heterocycles. The van der Waals surface area contributed by atoms with Gasteiger partial charge in [-0.25, -0.2) is 0 Å². The summed E-state index contributed by atoms with van der Waals surface area (Å²) in [6.07, 6.45) is 5.00. The predicted octanol–water partition coefficient (Wildman–Crippen LogP) is 3.05. The van der Waals surface area contributed by atoms with Gasteiger partial charge in [0.25, 0.3) is 0 Å². The molecule has 0 aliphatic heterocycles. The summed E-state index contributed by atoms with van der Waals surface area (Å²) >= 11 is 0. The minimum Gasteiger partial charge on any atom is -0.267 e. The molecule has 1 rings (SSSR count). The fourth-order valence-electron chi connectivity index (χ4n) is 2.01. The summed E-state index contributed by atoms with van der Waals surface area (Å²) in [7, 11) is 0. The van der Waals surface area contributed by atoms with E-state index in [1.54, 1.807) is 0 Å². The van der Waals surface area contributed by atoms with Gasteiger partial charge in [-0.1, -0.05) is 20.8 Å². The van der Waals surface area contributed by atoms with E-state index in [1.807, 2.05) is 23.1 Å². The van der Waals surface area contributed by atoms with Crippen LogP contribution in [0.2, 0.25) is 0 Å². The van der Waals surface area contributed by atoms with Gasteiger partial charge in [0, 0.05) is 12.4 Å². The first kappa shape index (κ1) is 10.3. The van der Waals surface area contributed by atoms with Crippen molar-refractivity contribution in [2.45, 2.75) is 46.6 Å². The summed E-state index contributed by atoms with van der Waals surface area (Å²) in [5, 5.41) is 4.29. The number of rotatable bonds is 2. The zero-order valence-electron chi connectivity index (χ0n) is 9.33. The van der Waals surface area contributed by atoms with Crippen LogP contribution in [0.5, 0.6) is 0 Å². The molecule has 0 atom stereocenters. The van der Waals surface area contributed by atoms with E-state index in [2.05, 4.69) is 39.7 Å². The van der Waals surface area contributed by atoms with Crippen molar-refractivity contribution in [2.24, 2.45) is 5.41 Å². The van der Waals surface area contributed by atoms with Crippen molar-refractivity contribution in [1.82, 2.24) is 9.78 Å². The van der Waals surface area contributed by atoms with E-state index in [0.717, 1.165) is 6.42 Å². The van der Waals surface area contributed by atoms with E-state index in [0.29, 0.717) is 5.41 Å². The van der Waals surface area contributed by atoms with Crippen LogP contribution in [-0.4, -0.2) is 9.78 Å². The molecule has 0 radical (unpaired) electrons. The topological polar surface area (TPSA) is 17.8 Å². The zero-order valence-corrected chi connectivity index (χ0v) is 9.33. The maximum Gasteiger partial charge on any atom is 0.0576 e. The van der Waals surface area contributed by atoms with Crippen LogP contribution < -0.4 is 0 Å². The Morgan fingerprint density at radius 3 is 2.15 bits per heavy atom.